The average molecular weight is 526 g/mol. The van der Waals surface area contributed by atoms with Crippen molar-refractivity contribution in [1.29, 1.82) is 0 Å². The SMILES string of the molecule is NC(=O)CCCC(c1ccccc1)c1cc([N+](=O)[O-])cc2c(=O)[nH]c(Nc3ccc(Cl)c(Cl)c3)nc12. The summed E-state index contributed by atoms with van der Waals surface area (Å²) in [5, 5.41) is 15.5. The number of non-ortho nitro benzene ring substituents is 1. The van der Waals surface area contributed by atoms with E-state index in [9.17, 15) is 19.7 Å². The maximum absolute atomic E-state index is 13.0. The van der Waals surface area contributed by atoms with Gasteiger partial charge in [-0.1, -0.05) is 53.5 Å². The van der Waals surface area contributed by atoms with Crippen molar-refractivity contribution < 1.29 is 9.72 Å². The number of anilines is 2. The normalized spacial score (nSPS) is 11.8. The molecule has 0 saturated carbocycles. The minimum atomic E-state index is -0.546. The van der Waals surface area contributed by atoms with Crippen molar-refractivity contribution in [2.75, 3.05) is 5.32 Å². The quantitative estimate of drug-likeness (QED) is 0.189. The lowest BCUT2D eigenvalue weighted by molar-refractivity contribution is -0.384. The van der Waals surface area contributed by atoms with E-state index in [1.165, 1.54) is 12.1 Å². The van der Waals surface area contributed by atoms with E-state index in [4.69, 9.17) is 28.9 Å². The number of nitro benzene ring substituents is 1. The largest absolute Gasteiger partial charge is 0.370 e. The fourth-order valence-electron chi connectivity index (χ4n) is 4.06. The fraction of sp³-hybridized carbons (Fsp3) is 0.160. The molecule has 0 aliphatic carbocycles. The number of H-pyrrole nitrogens is 1. The molecule has 4 rings (SSSR count). The monoisotopic (exact) mass is 525 g/mol. The zero-order valence-electron chi connectivity index (χ0n) is 18.8. The molecule has 184 valence electrons. The number of hydrogen-bond donors (Lipinski definition) is 3. The molecule has 11 heteroatoms. The molecule has 1 aromatic heterocycles. The molecule has 0 aliphatic rings. The number of fused-ring (bicyclic) bond motifs is 1. The first kappa shape index (κ1) is 25.2. The first-order valence-electron chi connectivity index (χ1n) is 11.0. The Morgan fingerprint density at radius 1 is 1.11 bits per heavy atom. The molecule has 1 heterocycles. The van der Waals surface area contributed by atoms with Crippen molar-refractivity contribution in [2.45, 2.75) is 25.2 Å². The summed E-state index contributed by atoms with van der Waals surface area (Å²) in [6.45, 7) is 0. The number of carbonyl (C=O) groups excluding carboxylic acids is 1. The van der Waals surface area contributed by atoms with Crippen LogP contribution in [0, 0.1) is 10.1 Å². The molecule has 3 aromatic carbocycles. The summed E-state index contributed by atoms with van der Waals surface area (Å²) in [6.07, 6.45) is 1.08. The van der Waals surface area contributed by atoms with Crippen LogP contribution in [-0.4, -0.2) is 20.8 Å². The number of nitrogens with zero attached hydrogens (tertiary/aromatic N) is 2. The van der Waals surface area contributed by atoms with Crippen LogP contribution in [0.15, 0.2) is 65.5 Å². The van der Waals surface area contributed by atoms with Gasteiger partial charge in [0.2, 0.25) is 11.9 Å². The van der Waals surface area contributed by atoms with Crippen molar-refractivity contribution in [3.8, 4) is 0 Å². The Bertz CT molecular complexity index is 1510. The van der Waals surface area contributed by atoms with E-state index in [-0.39, 0.29) is 29.4 Å². The van der Waals surface area contributed by atoms with Crippen molar-refractivity contribution in [3.63, 3.8) is 0 Å². The van der Waals surface area contributed by atoms with E-state index in [0.29, 0.717) is 39.7 Å². The zero-order valence-corrected chi connectivity index (χ0v) is 20.3. The van der Waals surface area contributed by atoms with Gasteiger partial charge in [0.05, 0.1) is 25.9 Å². The van der Waals surface area contributed by atoms with Crippen LogP contribution in [0.25, 0.3) is 10.9 Å². The summed E-state index contributed by atoms with van der Waals surface area (Å²) in [4.78, 5) is 42.8. The number of aromatic nitrogens is 2. The molecule has 0 aliphatic heterocycles. The van der Waals surface area contributed by atoms with Gasteiger partial charge in [0.1, 0.15) is 0 Å². The highest BCUT2D eigenvalue weighted by molar-refractivity contribution is 6.42. The molecule has 36 heavy (non-hydrogen) atoms. The Morgan fingerprint density at radius 2 is 1.86 bits per heavy atom. The van der Waals surface area contributed by atoms with Gasteiger partial charge in [-0.15, -0.1) is 0 Å². The second-order valence-corrected chi connectivity index (χ2v) is 8.99. The molecular formula is C25H21Cl2N5O4. The Morgan fingerprint density at radius 3 is 2.53 bits per heavy atom. The summed E-state index contributed by atoms with van der Waals surface area (Å²) in [5.41, 5.74) is 6.76. The number of aromatic amines is 1. The van der Waals surface area contributed by atoms with Crippen LogP contribution < -0.4 is 16.6 Å². The number of hydrogen-bond acceptors (Lipinski definition) is 6. The number of benzene rings is 3. The van der Waals surface area contributed by atoms with Gasteiger partial charge in [-0.25, -0.2) is 4.98 Å². The van der Waals surface area contributed by atoms with Crippen molar-refractivity contribution >= 4 is 57.3 Å². The van der Waals surface area contributed by atoms with E-state index in [2.05, 4.69) is 15.3 Å². The predicted molar refractivity (Wildman–Crippen MR) is 140 cm³/mol. The Labute approximate surface area is 215 Å². The molecule has 0 saturated heterocycles. The molecule has 9 nitrogen and oxygen atoms in total. The van der Waals surface area contributed by atoms with Crippen LogP contribution in [0.4, 0.5) is 17.3 Å². The molecule has 1 atom stereocenters. The Balaban J connectivity index is 1.89. The molecule has 1 unspecified atom stereocenters. The number of nitrogens with one attached hydrogen (secondary N) is 2. The Hall–Kier alpha value is -3.95. The molecular weight excluding hydrogens is 505 g/mol. The Kier molecular flexibility index (Phi) is 7.52. The van der Waals surface area contributed by atoms with Crippen LogP contribution in [0.2, 0.25) is 10.0 Å². The van der Waals surface area contributed by atoms with Crippen LogP contribution in [0.1, 0.15) is 36.3 Å². The van der Waals surface area contributed by atoms with E-state index < -0.39 is 16.4 Å². The zero-order chi connectivity index (χ0) is 25.8. The maximum atomic E-state index is 13.0. The fourth-order valence-corrected chi connectivity index (χ4v) is 4.36. The number of carbonyl (C=O) groups is 1. The lowest BCUT2D eigenvalue weighted by atomic mass is 9.85. The van der Waals surface area contributed by atoms with Crippen LogP contribution in [0.5, 0.6) is 0 Å². The highest BCUT2D eigenvalue weighted by atomic mass is 35.5. The number of nitro groups is 1. The molecule has 0 bridgehead atoms. The summed E-state index contributed by atoms with van der Waals surface area (Å²) in [5.74, 6) is -0.682. The number of rotatable bonds is 9. The highest BCUT2D eigenvalue weighted by Gasteiger charge is 2.23. The smallest absolute Gasteiger partial charge is 0.270 e. The van der Waals surface area contributed by atoms with Gasteiger partial charge in [0.15, 0.2) is 0 Å². The molecule has 1 amide bonds. The highest BCUT2D eigenvalue weighted by Crippen LogP contribution is 2.36. The molecule has 0 fully saturated rings. The van der Waals surface area contributed by atoms with Crippen molar-refractivity contribution in [1.82, 2.24) is 9.97 Å². The van der Waals surface area contributed by atoms with E-state index in [1.54, 1.807) is 18.2 Å². The van der Waals surface area contributed by atoms with Gasteiger partial charge in [0, 0.05) is 30.2 Å². The van der Waals surface area contributed by atoms with Crippen LogP contribution >= 0.6 is 23.2 Å². The minimum Gasteiger partial charge on any atom is -0.370 e. The molecule has 0 spiro atoms. The summed E-state index contributed by atoms with van der Waals surface area (Å²) < 4.78 is 0. The summed E-state index contributed by atoms with van der Waals surface area (Å²) in [7, 11) is 0. The first-order chi connectivity index (χ1) is 17.2. The first-order valence-corrected chi connectivity index (χ1v) is 11.8. The van der Waals surface area contributed by atoms with Gasteiger partial charge in [-0.2, -0.15) is 0 Å². The summed E-state index contributed by atoms with van der Waals surface area (Å²) in [6, 6.07) is 16.8. The van der Waals surface area contributed by atoms with Gasteiger partial charge in [-0.3, -0.25) is 24.7 Å². The van der Waals surface area contributed by atoms with Gasteiger partial charge in [0.25, 0.3) is 11.2 Å². The number of nitrogens with two attached hydrogens (primary N) is 1. The van der Waals surface area contributed by atoms with Gasteiger partial charge < -0.3 is 11.1 Å². The van der Waals surface area contributed by atoms with Gasteiger partial charge in [-0.05, 0) is 42.2 Å². The van der Waals surface area contributed by atoms with E-state index in [1.807, 2.05) is 30.3 Å². The van der Waals surface area contributed by atoms with Crippen LogP contribution in [0.3, 0.4) is 0 Å². The van der Waals surface area contributed by atoms with Crippen molar-refractivity contribution in [2.24, 2.45) is 5.73 Å². The second-order valence-electron chi connectivity index (χ2n) is 8.18. The predicted octanol–water partition coefficient (Wildman–Crippen LogP) is 5.67. The third kappa shape index (κ3) is 5.64. The molecule has 0 radical (unpaired) electrons. The summed E-state index contributed by atoms with van der Waals surface area (Å²) >= 11 is 12.1. The van der Waals surface area contributed by atoms with E-state index >= 15 is 0 Å². The lowest BCUT2D eigenvalue weighted by Gasteiger charge is -2.20. The van der Waals surface area contributed by atoms with Crippen molar-refractivity contribution in [3.05, 3.63) is 102 Å². The molecule has 4 aromatic rings. The minimum absolute atomic E-state index is 0.0784. The van der Waals surface area contributed by atoms with E-state index in [0.717, 1.165) is 5.56 Å². The standard InChI is InChI=1S/C25H21Cl2N5O4/c26-20-10-9-15(11-21(20)27)29-25-30-23-18(12-16(32(35)36)13-19(23)24(34)31-25)17(7-4-8-22(28)33)14-5-2-1-3-6-14/h1-3,5-6,9-13,17H,4,7-8H2,(H2,28,33)(H2,29,30,31,34). The lowest BCUT2D eigenvalue weighted by Crippen LogP contribution is -2.15. The number of halogens is 2. The maximum Gasteiger partial charge on any atom is 0.270 e. The molecule has 4 N–H and O–H groups in total. The van der Waals surface area contributed by atoms with Gasteiger partial charge >= 0.3 is 0 Å². The number of primary amides is 1. The third-order valence-corrected chi connectivity index (χ3v) is 6.45. The van der Waals surface area contributed by atoms with Crippen LogP contribution in [-0.2, 0) is 4.79 Å². The topological polar surface area (TPSA) is 144 Å². The average Bonchev–Trinajstić information content (AvgIpc) is 2.84. The number of amides is 1. The second kappa shape index (κ2) is 10.8. The third-order valence-electron chi connectivity index (χ3n) is 5.71.